The van der Waals surface area contributed by atoms with Gasteiger partial charge in [-0.15, -0.1) is 11.8 Å². The predicted octanol–water partition coefficient (Wildman–Crippen LogP) is 2.92. The van der Waals surface area contributed by atoms with E-state index < -0.39 is 17.1 Å². The summed E-state index contributed by atoms with van der Waals surface area (Å²) in [5, 5.41) is -0.198. The molecule has 1 aliphatic heterocycles. The van der Waals surface area contributed by atoms with Gasteiger partial charge in [-0.3, -0.25) is 14.4 Å². The van der Waals surface area contributed by atoms with Crippen molar-refractivity contribution >= 4 is 58.4 Å². The number of amides is 2. The lowest BCUT2D eigenvalue weighted by molar-refractivity contribution is -0.139. The second kappa shape index (κ2) is 7.35. The Morgan fingerprint density at radius 2 is 2.14 bits per heavy atom. The van der Waals surface area contributed by atoms with Crippen molar-refractivity contribution in [3.05, 3.63) is 28.2 Å². The fourth-order valence-corrected chi connectivity index (χ4v) is 3.33. The Morgan fingerprint density at radius 1 is 1.41 bits per heavy atom. The van der Waals surface area contributed by atoms with Gasteiger partial charge in [-0.25, -0.2) is 4.90 Å². The molecule has 1 atom stereocenters. The number of nitrogens with zero attached hydrogens (tertiary/aromatic N) is 1. The Hall–Kier alpha value is -1.24. The van der Waals surface area contributed by atoms with Gasteiger partial charge in [-0.05, 0) is 19.1 Å². The summed E-state index contributed by atoms with van der Waals surface area (Å²) in [6.45, 7) is 1.98. The molecule has 1 heterocycles. The normalized spacial score (nSPS) is 18.0. The molecule has 0 bridgehead atoms. The van der Waals surface area contributed by atoms with Crippen LogP contribution in [-0.2, 0) is 19.1 Å². The van der Waals surface area contributed by atoms with Gasteiger partial charge in [0.25, 0.3) is 0 Å². The number of hydrogen-bond acceptors (Lipinski definition) is 5. The van der Waals surface area contributed by atoms with E-state index in [1.54, 1.807) is 25.1 Å². The topological polar surface area (TPSA) is 63.7 Å². The number of thioether (sulfide) groups is 1. The number of anilines is 1. The van der Waals surface area contributed by atoms with Crippen LogP contribution in [0.2, 0.25) is 10.0 Å². The third-order valence-corrected chi connectivity index (χ3v) is 4.97. The molecule has 0 radical (unpaired) electrons. The monoisotopic (exact) mass is 361 g/mol. The summed E-state index contributed by atoms with van der Waals surface area (Å²) < 4.78 is 4.80. The maximum Gasteiger partial charge on any atom is 0.315 e. The van der Waals surface area contributed by atoms with Gasteiger partial charge in [0.1, 0.15) is 0 Å². The number of imide groups is 1. The molecule has 0 N–H and O–H groups in total. The van der Waals surface area contributed by atoms with Crippen molar-refractivity contribution in [1.29, 1.82) is 0 Å². The minimum atomic E-state index is -0.619. The zero-order chi connectivity index (χ0) is 16.3. The Balaban J connectivity index is 2.12. The molecule has 1 aromatic rings. The minimum Gasteiger partial charge on any atom is -0.465 e. The first kappa shape index (κ1) is 17.1. The average Bonchev–Trinajstić information content (AvgIpc) is 2.75. The standard InChI is InChI=1S/C14H13Cl2NO4S/c1-2-21-12(19)7-22-10-6-11(18)17(14(10)20)9-5-3-4-8(15)13(9)16/h3-5,10H,2,6-7H2,1H3. The van der Waals surface area contributed by atoms with E-state index >= 15 is 0 Å². The predicted molar refractivity (Wildman–Crippen MR) is 86.5 cm³/mol. The molecule has 0 saturated carbocycles. The highest BCUT2D eigenvalue weighted by Crippen LogP contribution is 2.37. The molecule has 1 unspecified atom stereocenters. The van der Waals surface area contributed by atoms with Gasteiger partial charge in [0, 0.05) is 6.42 Å². The summed E-state index contributed by atoms with van der Waals surface area (Å²) in [7, 11) is 0. The van der Waals surface area contributed by atoms with Gasteiger partial charge in [-0.1, -0.05) is 29.3 Å². The lowest BCUT2D eigenvalue weighted by Gasteiger charge is -2.16. The summed E-state index contributed by atoms with van der Waals surface area (Å²) in [5.74, 6) is -1.15. The van der Waals surface area contributed by atoms with E-state index in [0.717, 1.165) is 16.7 Å². The van der Waals surface area contributed by atoms with E-state index in [1.807, 2.05) is 0 Å². The van der Waals surface area contributed by atoms with Gasteiger partial charge in [-0.2, -0.15) is 0 Å². The highest BCUT2D eigenvalue weighted by Gasteiger charge is 2.41. The van der Waals surface area contributed by atoms with Crippen molar-refractivity contribution in [2.24, 2.45) is 0 Å². The summed E-state index contributed by atoms with van der Waals surface area (Å²) in [6.07, 6.45) is 0.0196. The molecular formula is C14H13Cl2NO4S. The molecule has 0 aliphatic carbocycles. The molecule has 1 aromatic carbocycles. The number of rotatable bonds is 5. The second-order valence-corrected chi connectivity index (χ2v) is 6.43. The largest absolute Gasteiger partial charge is 0.465 e. The van der Waals surface area contributed by atoms with Gasteiger partial charge < -0.3 is 4.74 Å². The van der Waals surface area contributed by atoms with Crippen LogP contribution in [0.25, 0.3) is 0 Å². The van der Waals surface area contributed by atoms with Crippen LogP contribution in [0.1, 0.15) is 13.3 Å². The molecule has 0 spiro atoms. The number of ether oxygens (including phenoxy) is 1. The first-order chi connectivity index (χ1) is 10.5. The Morgan fingerprint density at radius 3 is 2.82 bits per heavy atom. The van der Waals surface area contributed by atoms with Gasteiger partial charge in [0.15, 0.2) is 0 Å². The van der Waals surface area contributed by atoms with E-state index in [9.17, 15) is 14.4 Å². The van der Waals surface area contributed by atoms with Crippen molar-refractivity contribution in [3.8, 4) is 0 Å². The SMILES string of the molecule is CCOC(=O)CSC1CC(=O)N(c2cccc(Cl)c2Cl)C1=O. The lowest BCUT2D eigenvalue weighted by Crippen LogP contribution is -2.31. The smallest absolute Gasteiger partial charge is 0.315 e. The van der Waals surface area contributed by atoms with Crippen LogP contribution in [0.4, 0.5) is 5.69 Å². The van der Waals surface area contributed by atoms with Crippen molar-refractivity contribution in [2.45, 2.75) is 18.6 Å². The molecule has 8 heteroatoms. The van der Waals surface area contributed by atoms with E-state index in [2.05, 4.69) is 0 Å². The zero-order valence-electron chi connectivity index (χ0n) is 11.7. The average molecular weight is 362 g/mol. The molecule has 5 nitrogen and oxygen atoms in total. The van der Waals surface area contributed by atoms with E-state index in [1.165, 1.54) is 0 Å². The molecule has 0 aromatic heterocycles. The molecule has 2 amide bonds. The van der Waals surface area contributed by atoms with Crippen molar-refractivity contribution in [1.82, 2.24) is 0 Å². The van der Waals surface area contributed by atoms with Crippen LogP contribution in [0, 0.1) is 0 Å². The summed E-state index contributed by atoms with van der Waals surface area (Å²) in [5.41, 5.74) is 0.267. The fourth-order valence-electron chi connectivity index (χ4n) is 2.02. The third-order valence-electron chi connectivity index (χ3n) is 2.99. The van der Waals surface area contributed by atoms with Crippen molar-refractivity contribution in [2.75, 3.05) is 17.3 Å². The number of esters is 1. The Bertz CT molecular complexity index is 623. The van der Waals surface area contributed by atoms with Crippen LogP contribution >= 0.6 is 35.0 Å². The number of halogens is 2. The van der Waals surface area contributed by atoms with Crippen molar-refractivity contribution < 1.29 is 19.1 Å². The van der Waals surface area contributed by atoms with Gasteiger partial charge in [0.05, 0.1) is 33.3 Å². The fraction of sp³-hybridized carbons (Fsp3) is 0.357. The van der Waals surface area contributed by atoms with Crippen LogP contribution in [0.5, 0.6) is 0 Å². The maximum absolute atomic E-state index is 12.4. The number of hydrogen-bond donors (Lipinski definition) is 0. The lowest BCUT2D eigenvalue weighted by atomic mass is 10.3. The minimum absolute atomic E-state index is 0.0196. The van der Waals surface area contributed by atoms with Crippen molar-refractivity contribution in [3.63, 3.8) is 0 Å². The first-order valence-electron chi connectivity index (χ1n) is 6.53. The molecular weight excluding hydrogens is 349 g/mol. The van der Waals surface area contributed by atoms with E-state index in [0.29, 0.717) is 0 Å². The molecule has 1 aliphatic rings. The summed E-state index contributed by atoms with van der Waals surface area (Å²) in [4.78, 5) is 36.9. The molecule has 1 fully saturated rings. The van der Waals surface area contributed by atoms with Crippen LogP contribution < -0.4 is 4.90 Å². The molecule has 22 heavy (non-hydrogen) atoms. The Kier molecular flexibility index (Phi) is 5.72. The highest BCUT2D eigenvalue weighted by molar-refractivity contribution is 8.01. The van der Waals surface area contributed by atoms with Crippen LogP contribution in [0.15, 0.2) is 18.2 Å². The third kappa shape index (κ3) is 3.56. The quantitative estimate of drug-likeness (QED) is 0.595. The van der Waals surface area contributed by atoms with Crippen LogP contribution in [-0.4, -0.2) is 35.4 Å². The number of benzene rings is 1. The zero-order valence-corrected chi connectivity index (χ0v) is 14.0. The van der Waals surface area contributed by atoms with E-state index in [-0.39, 0.29) is 40.4 Å². The van der Waals surface area contributed by atoms with Gasteiger partial charge in [0.2, 0.25) is 11.8 Å². The van der Waals surface area contributed by atoms with Gasteiger partial charge >= 0.3 is 5.97 Å². The highest BCUT2D eigenvalue weighted by atomic mass is 35.5. The molecule has 2 rings (SSSR count). The Labute approximate surface area is 141 Å². The maximum atomic E-state index is 12.4. The molecule has 1 saturated heterocycles. The van der Waals surface area contributed by atoms with Crippen LogP contribution in [0.3, 0.4) is 0 Å². The molecule has 118 valence electrons. The number of carbonyl (C=O) groups excluding carboxylic acids is 3. The summed E-state index contributed by atoms with van der Waals surface area (Å²) in [6, 6.07) is 4.75. The summed E-state index contributed by atoms with van der Waals surface area (Å²) >= 11 is 13.1. The second-order valence-electron chi connectivity index (χ2n) is 4.45. The number of carbonyl (C=O) groups is 3. The first-order valence-corrected chi connectivity index (χ1v) is 8.34. The van der Waals surface area contributed by atoms with E-state index in [4.69, 9.17) is 27.9 Å².